The molecule has 0 spiro atoms. The van der Waals surface area contributed by atoms with Crippen LogP contribution in [0.2, 0.25) is 0 Å². The molecule has 1 unspecified atom stereocenters. The molecule has 0 saturated carbocycles. The molecule has 5 nitrogen and oxygen atoms in total. The van der Waals surface area contributed by atoms with Crippen molar-refractivity contribution in [3.63, 3.8) is 0 Å². The van der Waals surface area contributed by atoms with E-state index in [9.17, 15) is 9.90 Å². The molecule has 5 heteroatoms. The molecule has 0 fully saturated rings. The lowest BCUT2D eigenvalue weighted by Gasteiger charge is -2.17. The summed E-state index contributed by atoms with van der Waals surface area (Å²) in [6.07, 6.45) is 2.50. The van der Waals surface area contributed by atoms with E-state index >= 15 is 0 Å². The van der Waals surface area contributed by atoms with Crippen LogP contribution < -0.4 is 5.56 Å². The molecule has 0 amide bonds. The number of ether oxygens (including phenoxy) is 1. The highest BCUT2D eigenvalue weighted by Gasteiger charge is 2.14. The van der Waals surface area contributed by atoms with Crippen molar-refractivity contribution < 1.29 is 9.84 Å². The Balaban J connectivity index is 2.88. The van der Waals surface area contributed by atoms with Crippen molar-refractivity contribution in [1.29, 1.82) is 5.26 Å². The third kappa shape index (κ3) is 3.84. The Morgan fingerprint density at radius 3 is 2.75 bits per heavy atom. The molecule has 110 valence electrons. The van der Waals surface area contributed by atoms with Crippen LogP contribution in [0, 0.1) is 18.3 Å². The SMILES string of the molecule is CCCOC(CC)CCn1c(O)c(C#N)c(C)cc1=O. The lowest BCUT2D eigenvalue weighted by molar-refractivity contribution is 0.0419. The van der Waals surface area contributed by atoms with Crippen molar-refractivity contribution in [3.05, 3.63) is 27.5 Å². The van der Waals surface area contributed by atoms with Crippen LogP contribution >= 0.6 is 0 Å². The number of rotatable bonds is 7. The molecule has 1 aromatic heterocycles. The third-order valence-electron chi connectivity index (χ3n) is 3.28. The highest BCUT2D eigenvalue weighted by atomic mass is 16.5. The number of aromatic hydroxyl groups is 1. The summed E-state index contributed by atoms with van der Waals surface area (Å²) in [6, 6.07) is 3.31. The van der Waals surface area contributed by atoms with Crippen molar-refractivity contribution in [3.8, 4) is 11.9 Å². The molecule has 0 aromatic carbocycles. The molecule has 1 atom stereocenters. The zero-order valence-corrected chi connectivity index (χ0v) is 12.3. The van der Waals surface area contributed by atoms with Gasteiger partial charge in [0, 0.05) is 19.2 Å². The van der Waals surface area contributed by atoms with Crippen molar-refractivity contribution in [2.45, 2.75) is 52.7 Å². The molecule has 1 heterocycles. The van der Waals surface area contributed by atoms with Crippen LogP contribution in [-0.4, -0.2) is 22.4 Å². The van der Waals surface area contributed by atoms with Gasteiger partial charge in [-0.25, -0.2) is 0 Å². The summed E-state index contributed by atoms with van der Waals surface area (Å²) < 4.78 is 6.90. The Morgan fingerprint density at radius 1 is 1.50 bits per heavy atom. The molecule has 0 aliphatic carbocycles. The number of hydrogen-bond acceptors (Lipinski definition) is 4. The van der Waals surface area contributed by atoms with E-state index in [1.807, 2.05) is 19.9 Å². The zero-order valence-electron chi connectivity index (χ0n) is 12.3. The van der Waals surface area contributed by atoms with Gasteiger partial charge >= 0.3 is 0 Å². The van der Waals surface area contributed by atoms with Gasteiger partial charge in [-0.1, -0.05) is 13.8 Å². The van der Waals surface area contributed by atoms with E-state index in [4.69, 9.17) is 10.00 Å². The maximum atomic E-state index is 11.9. The molecule has 0 bridgehead atoms. The van der Waals surface area contributed by atoms with Crippen molar-refractivity contribution in [2.24, 2.45) is 0 Å². The zero-order chi connectivity index (χ0) is 15.1. The number of aromatic nitrogens is 1. The van der Waals surface area contributed by atoms with Crippen molar-refractivity contribution in [1.82, 2.24) is 4.57 Å². The number of hydrogen-bond donors (Lipinski definition) is 1. The largest absolute Gasteiger partial charge is 0.493 e. The first-order valence-corrected chi connectivity index (χ1v) is 7.00. The summed E-state index contributed by atoms with van der Waals surface area (Å²) in [5.74, 6) is -0.247. The fourth-order valence-electron chi connectivity index (χ4n) is 2.07. The van der Waals surface area contributed by atoms with Gasteiger partial charge in [-0.05, 0) is 31.7 Å². The standard InChI is InChI=1S/C15H22N2O3/c1-4-8-20-12(5-2)6-7-17-14(18)9-11(3)13(10-16)15(17)19/h9,12,19H,4-8H2,1-3H3. The minimum atomic E-state index is -0.288. The molecule has 0 aliphatic rings. The second kappa shape index (κ2) is 7.71. The molecule has 0 saturated heterocycles. The van der Waals surface area contributed by atoms with Gasteiger partial charge in [-0.2, -0.15) is 5.26 Å². The van der Waals surface area contributed by atoms with E-state index in [1.54, 1.807) is 6.92 Å². The van der Waals surface area contributed by atoms with Crippen LogP contribution in [0.25, 0.3) is 0 Å². The minimum Gasteiger partial charge on any atom is -0.493 e. The lowest BCUT2D eigenvalue weighted by atomic mass is 10.1. The van der Waals surface area contributed by atoms with Gasteiger partial charge < -0.3 is 9.84 Å². The summed E-state index contributed by atoms with van der Waals surface area (Å²) >= 11 is 0. The Kier molecular flexibility index (Phi) is 6.26. The summed E-state index contributed by atoms with van der Waals surface area (Å²) in [7, 11) is 0. The maximum absolute atomic E-state index is 11.9. The van der Waals surface area contributed by atoms with E-state index < -0.39 is 0 Å². The van der Waals surface area contributed by atoms with Gasteiger partial charge in [-0.15, -0.1) is 0 Å². The Hall–Kier alpha value is -1.80. The predicted molar refractivity (Wildman–Crippen MR) is 76.8 cm³/mol. The van der Waals surface area contributed by atoms with Crippen LogP contribution in [0.3, 0.4) is 0 Å². The van der Waals surface area contributed by atoms with Crippen LogP contribution in [0.1, 0.15) is 44.2 Å². The average molecular weight is 278 g/mol. The number of pyridine rings is 1. The fraction of sp³-hybridized carbons (Fsp3) is 0.600. The van der Waals surface area contributed by atoms with Crippen LogP contribution in [-0.2, 0) is 11.3 Å². The second-order valence-electron chi connectivity index (χ2n) is 4.82. The third-order valence-corrected chi connectivity index (χ3v) is 3.28. The first kappa shape index (κ1) is 16.3. The quantitative estimate of drug-likeness (QED) is 0.830. The summed E-state index contributed by atoms with van der Waals surface area (Å²) in [5, 5.41) is 19.0. The highest BCUT2D eigenvalue weighted by Crippen LogP contribution is 2.18. The van der Waals surface area contributed by atoms with E-state index in [2.05, 4.69) is 0 Å². The molecule has 1 N–H and O–H groups in total. The van der Waals surface area contributed by atoms with E-state index in [-0.39, 0.29) is 23.1 Å². The maximum Gasteiger partial charge on any atom is 0.253 e. The number of nitriles is 1. The predicted octanol–water partition coefficient (Wildman–Crippen LogP) is 2.33. The van der Waals surface area contributed by atoms with Crippen LogP contribution in [0.4, 0.5) is 0 Å². The van der Waals surface area contributed by atoms with E-state index in [0.29, 0.717) is 25.1 Å². The van der Waals surface area contributed by atoms with Gasteiger partial charge in [0.1, 0.15) is 11.6 Å². The highest BCUT2D eigenvalue weighted by molar-refractivity contribution is 5.43. The molecule has 0 aliphatic heterocycles. The van der Waals surface area contributed by atoms with Crippen molar-refractivity contribution >= 4 is 0 Å². The molecule has 1 aromatic rings. The monoisotopic (exact) mass is 278 g/mol. The Morgan fingerprint density at radius 2 is 2.20 bits per heavy atom. The minimum absolute atomic E-state index is 0.0630. The van der Waals surface area contributed by atoms with E-state index in [1.165, 1.54) is 10.6 Å². The van der Waals surface area contributed by atoms with Gasteiger partial charge in [0.15, 0.2) is 0 Å². The first-order valence-electron chi connectivity index (χ1n) is 7.00. The first-order chi connectivity index (χ1) is 9.54. The summed E-state index contributed by atoms with van der Waals surface area (Å²) in [4.78, 5) is 11.9. The second-order valence-corrected chi connectivity index (χ2v) is 4.82. The number of nitrogens with zero attached hydrogens (tertiary/aromatic N) is 2. The van der Waals surface area contributed by atoms with Crippen molar-refractivity contribution in [2.75, 3.05) is 6.61 Å². The molecular formula is C15H22N2O3. The number of aryl methyl sites for hydroxylation is 1. The fourth-order valence-corrected chi connectivity index (χ4v) is 2.07. The normalized spacial score (nSPS) is 12.1. The van der Waals surface area contributed by atoms with Gasteiger partial charge in [0.2, 0.25) is 5.88 Å². The van der Waals surface area contributed by atoms with Gasteiger partial charge in [-0.3, -0.25) is 9.36 Å². The molecular weight excluding hydrogens is 256 g/mol. The van der Waals surface area contributed by atoms with Gasteiger partial charge in [0.25, 0.3) is 5.56 Å². The summed E-state index contributed by atoms with van der Waals surface area (Å²) in [6.45, 7) is 6.75. The van der Waals surface area contributed by atoms with Crippen LogP contribution in [0.5, 0.6) is 5.88 Å². The van der Waals surface area contributed by atoms with Gasteiger partial charge in [0.05, 0.1) is 6.10 Å². The topological polar surface area (TPSA) is 75.2 Å². The Bertz CT molecular complexity index is 543. The molecule has 0 radical (unpaired) electrons. The molecule has 1 rings (SSSR count). The van der Waals surface area contributed by atoms with Crippen LogP contribution in [0.15, 0.2) is 10.9 Å². The average Bonchev–Trinajstić information content (AvgIpc) is 2.42. The lowest BCUT2D eigenvalue weighted by Crippen LogP contribution is -2.24. The summed E-state index contributed by atoms with van der Waals surface area (Å²) in [5.41, 5.74) is 0.372. The smallest absolute Gasteiger partial charge is 0.253 e. The van der Waals surface area contributed by atoms with E-state index in [0.717, 1.165) is 12.8 Å². The Labute approximate surface area is 119 Å². The molecule has 20 heavy (non-hydrogen) atoms.